The molecule has 0 aromatic heterocycles. The fourth-order valence-electron chi connectivity index (χ4n) is 2.34. The van der Waals surface area contributed by atoms with Crippen molar-refractivity contribution in [3.63, 3.8) is 0 Å². The van der Waals surface area contributed by atoms with Crippen molar-refractivity contribution >= 4 is 5.91 Å². The highest BCUT2D eigenvalue weighted by molar-refractivity contribution is 5.77. The number of rotatable bonds is 8. The van der Waals surface area contributed by atoms with Gasteiger partial charge in [-0.2, -0.15) is 13.2 Å². The molecule has 0 radical (unpaired) electrons. The van der Waals surface area contributed by atoms with E-state index in [1.54, 1.807) is 0 Å². The lowest BCUT2D eigenvalue weighted by molar-refractivity contribution is -0.190. The zero-order chi connectivity index (χ0) is 14.3. The van der Waals surface area contributed by atoms with Crippen LogP contribution in [0.2, 0.25) is 0 Å². The molecule has 1 rings (SSSR count). The molecule has 1 atom stereocenters. The lowest BCUT2D eigenvalue weighted by Crippen LogP contribution is -2.49. The molecular formula is C13H23F3N2O. The SMILES string of the molecule is CCCCCCCCC(N1CCC(=O)N1)C(F)(F)F. The molecule has 6 heteroatoms. The molecule has 1 unspecified atom stereocenters. The van der Waals surface area contributed by atoms with Gasteiger partial charge in [0.25, 0.3) is 0 Å². The number of nitrogens with zero attached hydrogens (tertiary/aromatic N) is 1. The van der Waals surface area contributed by atoms with E-state index in [-0.39, 0.29) is 25.3 Å². The van der Waals surface area contributed by atoms with Crippen molar-refractivity contribution in [1.29, 1.82) is 0 Å². The molecule has 0 spiro atoms. The fraction of sp³-hybridized carbons (Fsp3) is 0.923. The van der Waals surface area contributed by atoms with Crippen LogP contribution in [0.1, 0.15) is 58.3 Å². The van der Waals surface area contributed by atoms with Crippen LogP contribution < -0.4 is 5.43 Å². The summed E-state index contributed by atoms with van der Waals surface area (Å²) in [4.78, 5) is 11.0. The van der Waals surface area contributed by atoms with Gasteiger partial charge < -0.3 is 0 Å². The number of nitrogens with one attached hydrogen (secondary N) is 1. The smallest absolute Gasteiger partial charge is 0.288 e. The van der Waals surface area contributed by atoms with Gasteiger partial charge in [0.05, 0.1) is 0 Å². The Morgan fingerprint density at radius 1 is 1.21 bits per heavy atom. The predicted octanol–water partition coefficient (Wildman–Crippen LogP) is 3.40. The van der Waals surface area contributed by atoms with Crippen molar-refractivity contribution < 1.29 is 18.0 Å². The Bertz CT molecular complexity index is 282. The van der Waals surface area contributed by atoms with Crippen LogP contribution in [0.25, 0.3) is 0 Å². The predicted molar refractivity (Wildman–Crippen MR) is 67.3 cm³/mol. The summed E-state index contributed by atoms with van der Waals surface area (Å²) in [5.74, 6) is -0.322. The molecule has 1 N–H and O–H groups in total. The van der Waals surface area contributed by atoms with Crippen molar-refractivity contribution in [1.82, 2.24) is 10.4 Å². The lowest BCUT2D eigenvalue weighted by atomic mass is 10.0. The number of unbranched alkanes of at least 4 members (excludes halogenated alkanes) is 5. The maximum absolute atomic E-state index is 12.9. The van der Waals surface area contributed by atoms with Gasteiger partial charge in [0.15, 0.2) is 0 Å². The van der Waals surface area contributed by atoms with Gasteiger partial charge in [0, 0.05) is 13.0 Å². The van der Waals surface area contributed by atoms with Gasteiger partial charge in [-0.3, -0.25) is 10.2 Å². The van der Waals surface area contributed by atoms with Crippen LogP contribution in [-0.4, -0.2) is 29.7 Å². The van der Waals surface area contributed by atoms with Crippen molar-refractivity contribution in [3.8, 4) is 0 Å². The summed E-state index contributed by atoms with van der Waals surface area (Å²) in [5.41, 5.74) is 2.30. The summed E-state index contributed by atoms with van der Waals surface area (Å²) in [5, 5.41) is 1.05. The summed E-state index contributed by atoms with van der Waals surface area (Å²) in [6, 6.07) is -1.54. The van der Waals surface area contributed by atoms with E-state index < -0.39 is 12.2 Å². The first-order valence-corrected chi connectivity index (χ1v) is 7.08. The highest BCUT2D eigenvalue weighted by Gasteiger charge is 2.45. The zero-order valence-electron chi connectivity index (χ0n) is 11.4. The normalized spacial score (nSPS) is 18.6. The number of carbonyl (C=O) groups excluding carboxylic acids is 1. The standard InChI is InChI=1S/C13H23F3N2O/c1-2-3-4-5-6-7-8-11(13(14,15)16)18-10-9-12(19)17-18/h11H,2-10H2,1H3,(H,17,19). The molecule has 1 fully saturated rings. The number of hydrogen-bond acceptors (Lipinski definition) is 2. The minimum atomic E-state index is -4.28. The van der Waals surface area contributed by atoms with E-state index in [1.807, 2.05) is 0 Å². The maximum atomic E-state index is 12.9. The highest BCUT2D eigenvalue weighted by atomic mass is 19.4. The number of halogens is 3. The number of alkyl halides is 3. The molecular weight excluding hydrogens is 257 g/mol. The van der Waals surface area contributed by atoms with Gasteiger partial charge in [-0.05, 0) is 6.42 Å². The minimum Gasteiger partial charge on any atom is -0.288 e. The summed E-state index contributed by atoms with van der Waals surface area (Å²) in [6.07, 6.45) is 1.68. The molecule has 112 valence electrons. The second kappa shape index (κ2) is 7.72. The molecule has 1 saturated heterocycles. The van der Waals surface area contributed by atoms with Crippen LogP contribution in [0.5, 0.6) is 0 Å². The molecule has 0 bridgehead atoms. The van der Waals surface area contributed by atoms with Crippen LogP contribution in [-0.2, 0) is 4.79 Å². The number of hydrazine groups is 1. The third-order valence-corrected chi connectivity index (χ3v) is 3.43. The number of amides is 1. The summed E-state index contributed by atoms with van der Waals surface area (Å²) in [6.45, 7) is 2.26. The third kappa shape index (κ3) is 5.80. The Balaban J connectivity index is 2.33. The number of carbonyl (C=O) groups is 1. The van der Waals surface area contributed by atoms with E-state index in [0.717, 1.165) is 37.1 Å². The second-order valence-corrected chi connectivity index (χ2v) is 5.09. The quantitative estimate of drug-likeness (QED) is 0.691. The highest BCUT2D eigenvalue weighted by Crippen LogP contribution is 2.29. The molecule has 3 nitrogen and oxygen atoms in total. The number of hydrogen-bond donors (Lipinski definition) is 1. The first-order chi connectivity index (χ1) is 8.95. The molecule has 0 saturated carbocycles. The first-order valence-electron chi connectivity index (χ1n) is 7.08. The van der Waals surface area contributed by atoms with E-state index >= 15 is 0 Å². The van der Waals surface area contributed by atoms with Crippen LogP contribution in [0, 0.1) is 0 Å². The molecule has 0 aliphatic carbocycles. The molecule has 1 heterocycles. The molecule has 1 aliphatic heterocycles. The van der Waals surface area contributed by atoms with Gasteiger partial charge >= 0.3 is 6.18 Å². The largest absolute Gasteiger partial charge is 0.405 e. The van der Waals surface area contributed by atoms with Crippen LogP contribution in [0.3, 0.4) is 0 Å². The fourth-order valence-corrected chi connectivity index (χ4v) is 2.34. The van der Waals surface area contributed by atoms with E-state index in [4.69, 9.17) is 0 Å². The van der Waals surface area contributed by atoms with Crippen LogP contribution in [0.15, 0.2) is 0 Å². The second-order valence-electron chi connectivity index (χ2n) is 5.09. The average Bonchev–Trinajstić information content (AvgIpc) is 2.73. The lowest BCUT2D eigenvalue weighted by Gasteiger charge is -2.28. The van der Waals surface area contributed by atoms with Crippen LogP contribution in [0.4, 0.5) is 13.2 Å². The molecule has 1 amide bonds. The van der Waals surface area contributed by atoms with Gasteiger partial charge in [-0.25, -0.2) is 5.01 Å². The Kier molecular flexibility index (Phi) is 6.62. The topological polar surface area (TPSA) is 32.3 Å². The monoisotopic (exact) mass is 280 g/mol. The van der Waals surface area contributed by atoms with E-state index in [2.05, 4.69) is 12.3 Å². The summed E-state index contributed by atoms with van der Waals surface area (Å²) in [7, 11) is 0. The van der Waals surface area contributed by atoms with Crippen molar-refractivity contribution in [2.75, 3.05) is 6.54 Å². The van der Waals surface area contributed by atoms with Gasteiger partial charge in [0.1, 0.15) is 6.04 Å². The van der Waals surface area contributed by atoms with Gasteiger partial charge in [-0.1, -0.05) is 45.4 Å². The van der Waals surface area contributed by atoms with Crippen molar-refractivity contribution in [2.24, 2.45) is 0 Å². The minimum absolute atomic E-state index is 0.0654. The molecule has 19 heavy (non-hydrogen) atoms. The summed E-state index contributed by atoms with van der Waals surface area (Å²) >= 11 is 0. The van der Waals surface area contributed by atoms with Crippen molar-refractivity contribution in [3.05, 3.63) is 0 Å². The van der Waals surface area contributed by atoms with E-state index in [1.165, 1.54) is 0 Å². The molecule has 1 aliphatic rings. The Morgan fingerprint density at radius 2 is 1.84 bits per heavy atom. The molecule has 0 aromatic rings. The first kappa shape index (κ1) is 16.3. The van der Waals surface area contributed by atoms with Gasteiger partial charge in [-0.15, -0.1) is 0 Å². The Morgan fingerprint density at radius 3 is 2.37 bits per heavy atom. The zero-order valence-corrected chi connectivity index (χ0v) is 11.4. The Hall–Kier alpha value is -0.780. The molecule has 0 aromatic carbocycles. The van der Waals surface area contributed by atoms with E-state index in [0.29, 0.717) is 6.42 Å². The maximum Gasteiger partial charge on any atom is 0.405 e. The Labute approximate surface area is 112 Å². The average molecular weight is 280 g/mol. The van der Waals surface area contributed by atoms with E-state index in [9.17, 15) is 18.0 Å². The third-order valence-electron chi connectivity index (χ3n) is 3.43. The van der Waals surface area contributed by atoms with Gasteiger partial charge in [0.2, 0.25) is 5.91 Å². The van der Waals surface area contributed by atoms with Crippen molar-refractivity contribution in [2.45, 2.75) is 70.5 Å². The van der Waals surface area contributed by atoms with Crippen LogP contribution >= 0.6 is 0 Å². The summed E-state index contributed by atoms with van der Waals surface area (Å²) < 4.78 is 38.8.